The highest BCUT2D eigenvalue weighted by molar-refractivity contribution is 7.92. The maximum atomic E-state index is 14.3. The van der Waals surface area contributed by atoms with E-state index in [1.54, 1.807) is 0 Å². The average Bonchev–Trinajstić information content (AvgIpc) is 2.91. The summed E-state index contributed by atoms with van der Waals surface area (Å²) >= 11 is 0. The third-order valence-corrected chi connectivity index (χ3v) is 6.35. The maximum absolute atomic E-state index is 14.3. The molecule has 0 bridgehead atoms. The minimum Gasteiger partial charge on any atom is -0.480 e. The second-order valence-electron chi connectivity index (χ2n) is 6.26. The summed E-state index contributed by atoms with van der Waals surface area (Å²) in [6, 6.07) is 2.34. The van der Waals surface area contributed by atoms with Crippen molar-refractivity contribution in [3.05, 3.63) is 29.3 Å². The zero-order valence-corrected chi connectivity index (χ0v) is 15.6. The molecule has 1 heterocycles. The van der Waals surface area contributed by atoms with Gasteiger partial charge in [-0.3, -0.25) is 9.69 Å². The van der Waals surface area contributed by atoms with Gasteiger partial charge in [0.05, 0.1) is 17.8 Å². The zero-order chi connectivity index (χ0) is 20.6. The second kappa shape index (κ2) is 7.15. The first-order chi connectivity index (χ1) is 12.4. The summed E-state index contributed by atoms with van der Waals surface area (Å²) in [7, 11) is -4.04. The van der Waals surface area contributed by atoms with Crippen molar-refractivity contribution in [1.29, 1.82) is 0 Å². The first-order valence-electron chi connectivity index (χ1n) is 7.74. The molecule has 27 heavy (non-hydrogen) atoms. The molecule has 2 rings (SSSR count). The van der Waals surface area contributed by atoms with E-state index >= 15 is 0 Å². The molecular weight excluding hydrogens is 384 g/mol. The lowest BCUT2D eigenvalue weighted by atomic mass is 10.0. The lowest BCUT2D eigenvalue weighted by molar-refractivity contribution is -0.140. The number of anilines is 1. The molecular formula is C17H17F2NO6S. The molecule has 146 valence electrons. The average molecular weight is 401 g/mol. The summed E-state index contributed by atoms with van der Waals surface area (Å²) in [6.07, 6.45) is -1.94. The first-order valence-corrected chi connectivity index (χ1v) is 9.63. The van der Waals surface area contributed by atoms with E-state index in [9.17, 15) is 31.9 Å². The van der Waals surface area contributed by atoms with E-state index in [1.165, 1.54) is 13.0 Å². The Morgan fingerprint density at radius 3 is 2.56 bits per heavy atom. The fourth-order valence-electron chi connectivity index (χ4n) is 2.64. The molecule has 1 fully saturated rings. The van der Waals surface area contributed by atoms with Gasteiger partial charge in [-0.1, -0.05) is 5.92 Å². The summed E-state index contributed by atoms with van der Waals surface area (Å²) in [5.74, 6) is 0.678. The van der Waals surface area contributed by atoms with E-state index in [1.807, 2.05) is 0 Å². The van der Waals surface area contributed by atoms with Crippen LogP contribution in [0.3, 0.4) is 0 Å². The third-order valence-electron chi connectivity index (χ3n) is 4.37. The van der Waals surface area contributed by atoms with Gasteiger partial charge in [-0.05, 0) is 26.0 Å². The van der Waals surface area contributed by atoms with Gasteiger partial charge in [-0.15, -0.1) is 5.92 Å². The quantitative estimate of drug-likeness (QED) is 0.757. The van der Waals surface area contributed by atoms with Gasteiger partial charge in [0.15, 0.2) is 26.2 Å². The number of hydrogen-bond donors (Lipinski definition) is 1. The summed E-state index contributed by atoms with van der Waals surface area (Å²) in [6.45, 7) is 2.13. The van der Waals surface area contributed by atoms with Gasteiger partial charge >= 0.3 is 12.1 Å². The van der Waals surface area contributed by atoms with Crippen LogP contribution in [0.1, 0.15) is 25.8 Å². The van der Waals surface area contributed by atoms with Crippen LogP contribution in [0.5, 0.6) is 0 Å². The Morgan fingerprint density at radius 2 is 2.04 bits per heavy atom. The fourth-order valence-corrected chi connectivity index (χ4v) is 3.44. The van der Waals surface area contributed by atoms with Crippen LogP contribution in [0.2, 0.25) is 0 Å². The molecule has 2 atom stereocenters. The molecule has 1 N–H and O–H groups in total. The van der Waals surface area contributed by atoms with Crippen LogP contribution >= 0.6 is 0 Å². The number of hydrogen-bond acceptors (Lipinski definition) is 5. The number of aliphatic carboxylic acids is 1. The van der Waals surface area contributed by atoms with Gasteiger partial charge in [0, 0.05) is 12.7 Å². The second-order valence-corrected chi connectivity index (χ2v) is 8.71. The minimum atomic E-state index is -4.04. The number of carbonyl (C=O) groups excluding carboxylic acids is 1. The van der Waals surface area contributed by atoms with E-state index in [2.05, 4.69) is 11.8 Å². The van der Waals surface area contributed by atoms with Crippen molar-refractivity contribution in [3.8, 4) is 11.8 Å². The molecule has 1 aliphatic rings. The molecule has 0 unspecified atom stereocenters. The monoisotopic (exact) mass is 401 g/mol. The number of sulfone groups is 1. The van der Waals surface area contributed by atoms with Gasteiger partial charge in [0.1, 0.15) is 6.10 Å². The molecule has 7 nitrogen and oxygen atoms in total. The number of nitrogens with zero attached hydrogens (tertiary/aromatic N) is 1. The number of amides is 1. The lowest BCUT2D eigenvalue weighted by Crippen LogP contribution is -2.46. The van der Waals surface area contributed by atoms with E-state index in [0.29, 0.717) is 0 Å². The van der Waals surface area contributed by atoms with Crippen molar-refractivity contribution in [1.82, 2.24) is 0 Å². The largest absolute Gasteiger partial charge is 0.480 e. The van der Waals surface area contributed by atoms with Gasteiger partial charge in [0.2, 0.25) is 0 Å². The SMILES string of the molecule is CC#Cc1ccc(N2C[C@H](C[C@](C)(C(=O)O)S(C)(=O)=O)OC2=O)c(F)c1F. The number of carboxylic acids is 1. The van der Waals surface area contributed by atoms with Crippen LogP contribution in [0.4, 0.5) is 19.3 Å². The molecule has 1 amide bonds. The van der Waals surface area contributed by atoms with Crippen LogP contribution in [-0.2, 0) is 19.4 Å². The highest BCUT2D eigenvalue weighted by Crippen LogP contribution is 2.32. The number of cyclic esters (lactones) is 1. The summed E-state index contributed by atoms with van der Waals surface area (Å²) in [5, 5.41) is 9.28. The number of carboxylic acid groups (broad SMARTS) is 1. The molecule has 10 heteroatoms. The van der Waals surface area contributed by atoms with Crippen LogP contribution in [0.15, 0.2) is 12.1 Å². The van der Waals surface area contributed by atoms with Crippen molar-refractivity contribution >= 4 is 27.6 Å². The molecule has 0 saturated carbocycles. The highest BCUT2D eigenvalue weighted by Gasteiger charge is 2.48. The van der Waals surface area contributed by atoms with Crippen LogP contribution in [0, 0.1) is 23.5 Å². The zero-order valence-electron chi connectivity index (χ0n) is 14.7. The number of ether oxygens (including phenoxy) is 1. The molecule has 0 aromatic heterocycles. The standard InChI is InChI=1S/C17H17F2NO6S/c1-4-5-10-6-7-12(14(19)13(10)18)20-9-11(26-16(20)23)8-17(2,15(21)22)27(3,24)25/h6-7,11H,8-9H2,1-3H3,(H,21,22)/t11-,17+/m0/s1. The van der Waals surface area contributed by atoms with Gasteiger partial charge < -0.3 is 9.84 Å². The van der Waals surface area contributed by atoms with Crippen LogP contribution in [-0.4, -0.2) is 49.2 Å². The van der Waals surface area contributed by atoms with Crippen molar-refractivity contribution < 1.29 is 36.6 Å². The van der Waals surface area contributed by atoms with E-state index in [-0.39, 0.29) is 12.1 Å². The van der Waals surface area contributed by atoms with Gasteiger partial charge in [-0.25, -0.2) is 22.0 Å². The summed E-state index contributed by atoms with van der Waals surface area (Å²) in [5.41, 5.74) is -0.587. The van der Waals surface area contributed by atoms with E-state index < -0.39 is 56.5 Å². The summed E-state index contributed by atoms with van der Waals surface area (Å²) < 4.78 is 54.9. The smallest absolute Gasteiger partial charge is 0.414 e. The Hall–Kier alpha value is -2.67. The highest BCUT2D eigenvalue weighted by atomic mass is 32.2. The topological polar surface area (TPSA) is 101 Å². The lowest BCUT2D eigenvalue weighted by Gasteiger charge is -2.24. The number of carbonyl (C=O) groups is 2. The fraction of sp³-hybridized carbons (Fsp3) is 0.412. The Morgan fingerprint density at radius 1 is 1.41 bits per heavy atom. The molecule has 1 aliphatic heterocycles. The molecule has 0 aliphatic carbocycles. The third kappa shape index (κ3) is 3.73. The van der Waals surface area contributed by atoms with E-state index in [4.69, 9.17) is 4.74 Å². The van der Waals surface area contributed by atoms with Gasteiger partial charge in [-0.2, -0.15) is 0 Å². The van der Waals surface area contributed by atoms with Crippen molar-refractivity contribution in [2.45, 2.75) is 31.1 Å². The van der Waals surface area contributed by atoms with Crippen molar-refractivity contribution in [3.63, 3.8) is 0 Å². The van der Waals surface area contributed by atoms with E-state index in [0.717, 1.165) is 24.1 Å². The minimum absolute atomic E-state index is 0.182. The first kappa shape index (κ1) is 20.6. The van der Waals surface area contributed by atoms with Crippen LogP contribution < -0.4 is 4.90 Å². The molecule has 0 radical (unpaired) electrons. The Balaban J connectivity index is 2.32. The van der Waals surface area contributed by atoms with Crippen molar-refractivity contribution in [2.24, 2.45) is 0 Å². The van der Waals surface area contributed by atoms with Crippen molar-refractivity contribution in [2.75, 3.05) is 17.7 Å². The Bertz CT molecular complexity index is 966. The number of rotatable bonds is 5. The molecule has 1 aromatic carbocycles. The number of benzene rings is 1. The molecule has 1 aromatic rings. The Labute approximate surface area is 154 Å². The normalized spacial score (nSPS) is 19.1. The molecule has 0 spiro atoms. The maximum Gasteiger partial charge on any atom is 0.414 e. The number of halogens is 2. The van der Waals surface area contributed by atoms with Crippen LogP contribution in [0.25, 0.3) is 0 Å². The Kier molecular flexibility index (Phi) is 5.47. The predicted molar refractivity (Wildman–Crippen MR) is 92.0 cm³/mol. The predicted octanol–water partition coefficient (Wildman–Crippen LogP) is 1.94. The van der Waals surface area contributed by atoms with Gasteiger partial charge in [0.25, 0.3) is 0 Å². The summed E-state index contributed by atoms with van der Waals surface area (Å²) in [4.78, 5) is 24.3. The molecule has 1 saturated heterocycles.